The summed E-state index contributed by atoms with van der Waals surface area (Å²) in [7, 11) is 3.15. The van der Waals surface area contributed by atoms with Gasteiger partial charge in [0.15, 0.2) is 0 Å². The van der Waals surface area contributed by atoms with Crippen LogP contribution in [-0.2, 0) is 19.1 Å². The molecule has 7 nitrogen and oxygen atoms in total. The second-order valence-corrected chi connectivity index (χ2v) is 6.00. The van der Waals surface area contributed by atoms with Crippen LogP contribution in [0, 0.1) is 5.92 Å². The first-order chi connectivity index (χ1) is 10.4. The van der Waals surface area contributed by atoms with Crippen LogP contribution >= 0.6 is 0 Å². The molecule has 0 aliphatic carbocycles. The molecule has 1 fully saturated rings. The molecule has 0 spiro atoms. The van der Waals surface area contributed by atoms with Gasteiger partial charge in [0.2, 0.25) is 5.91 Å². The molecule has 3 N–H and O–H groups in total. The van der Waals surface area contributed by atoms with Crippen molar-refractivity contribution in [3.05, 3.63) is 0 Å². The second-order valence-electron chi connectivity index (χ2n) is 6.00. The van der Waals surface area contributed by atoms with Gasteiger partial charge >= 0.3 is 5.97 Å². The van der Waals surface area contributed by atoms with Crippen LogP contribution in [0.1, 0.15) is 32.6 Å². The third-order valence-corrected chi connectivity index (χ3v) is 4.60. The summed E-state index contributed by atoms with van der Waals surface area (Å²) < 4.78 is 4.60. The number of piperidine rings is 1. The fraction of sp³-hybridized carbons (Fsp3) is 0.800. The van der Waals surface area contributed by atoms with E-state index < -0.39 is 12.0 Å². The molecular formula is C15H27N3O4. The lowest BCUT2D eigenvalue weighted by Crippen LogP contribution is -2.54. The van der Waals surface area contributed by atoms with Crippen molar-refractivity contribution in [2.45, 2.75) is 44.2 Å². The Morgan fingerprint density at radius 1 is 1.41 bits per heavy atom. The Labute approximate surface area is 131 Å². The van der Waals surface area contributed by atoms with Crippen LogP contribution in [0.15, 0.2) is 0 Å². The lowest BCUT2D eigenvalue weighted by Gasteiger charge is -2.43. The lowest BCUT2D eigenvalue weighted by atomic mass is 9.78. The van der Waals surface area contributed by atoms with Crippen molar-refractivity contribution in [2.24, 2.45) is 11.7 Å². The average Bonchev–Trinajstić information content (AvgIpc) is 2.53. The fourth-order valence-corrected chi connectivity index (χ4v) is 3.07. The van der Waals surface area contributed by atoms with E-state index >= 15 is 0 Å². The average molecular weight is 313 g/mol. The van der Waals surface area contributed by atoms with Gasteiger partial charge in [-0.15, -0.1) is 0 Å². The number of nitrogens with zero attached hydrogens (tertiary/aromatic N) is 1. The van der Waals surface area contributed by atoms with E-state index in [1.54, 1.807) is 6.92 Å². The minimum atomic E-state index is -0.786. The zero-order chi connectivity index (χ0) is 16.8. The number of methoxy groups -OCH3 is 1. The molecule has 1 heterocycles. The van der Waals surface area contributed by atoms with Gasteiger partial charge in [0.1, 0.15) is 12.3 Å². The van der Waals surface area contributed by atoms with Gasteiger partial charge in [-0.25, -0.2) is 0 Å². The Hall–Kier alpha value is -1.47. The van der Waals surface area contributed by atoms with E-state index in [9.17, 15) is 14.4 Å². The molecular weight excluding hydrogens is 286 g/mol. The van der Waals surface area contributed by atoms with Crippen molar-refractivity contribution in [3.8, 4) is 0 Å². The largest absolute Gasteiger partial charge is 0.468 e. The lowest BCUT2D eigenvalue weighted by molar-refractivity contribution is -0.142. The quantitative estimate of drug-likeness (QED) is 0.493. The van der Waals surface area contributed by atoms with Crippen LogP contribution in [0.25, 0.3) is 0 Å². The Bertz CT molecular complexity index is 406. The number of likely N-dealkylation sites (tertiary alicyclic amines) is 1. The number of rotatable bonds is 7. The summed E-state index contributed by atoms with van der Waals surface area (Å²) in [6, 6.07) is -0.786. The second kappa shape index (κ2) is 8.24. The molecule has 0 radical (unpaired) electrons. The van der Waals surface area contributed by atoms with Gasteiger partial charge in [-0.1, -0.05) is 0 Å². The summed E-state index contributed by atoms with van der Waals surface area (Å²) in [6.07, 6.45) is 3.29. The number of hydrogen-bond donors (Lipinski definition) is 2. The van der Waals surface area contributed by atoms with Crippen LogP contribution < -0.4 is 11.1 Å². The maximum Gasteiger partial charge on any atom is 0.322 e. The SMILES string of the molecule is CNC1(CC(C=O)CC(N)C(=O)OC)CCN(C(C)=O)CC1. The van der Waals surface area contributed by atoms with Crippen LogP contribution in [0.2, 0.25) is 0 Å². The molecule has 126 valence electrons. The van der Waals surface area contributed by atoms with Crippen LogP contribution in [-0.4, -0.2) is 61.9 Å². The molecule has 1 rings (SSSR count). The molecule has 2 unspecified atom stereocenters. The molecule has 0 aromatic carbocycles. The predicted octanol–water partition coefficient (Wildman–Crippen LogP) is -0.317. The molecule has 1 saturated heterocycles. The molecule has 0 saturated carbocycles. The highest BCUT2D eigenvalue weighted by Gasteiger charge is 2.36. The highest BCUT2D eigenvalue weighted by molar-refractivity contribution is 5.76. The number of amides is 1. The van der Waals surface area contributed by atoms with Gasteiger partial charge in [0, 0.05) is 31.5 Å². The number of carbonyl (C=O) groups is 3. The Kier molecular flexibility index (Phi) is 6.96. The van der Waals surface area contributed by atoms with E-state index in [4.69, 9.17) is 5.73 Å². The summed E-state index contributed by atoms with van der Waals surface area (Å²) in [5.74, 6) is -0.744. The van der Waals surface area contributed by atoms with Crippen molar-refractivity contribution in [1.29, 1.82) is 0 Å². The third kappa shape index (κ3) is 4.78. The monoisotopic (exact) mass is 313 g/mol. The molecule has 1 amide bonds. The van der Waals surface area contributed by atoms with E-state index in [0.717, 1.165) is 19.1 Å². The van der Waals surface area contributed by atoms with Crippen molar-refractivity contribution in [2.75, 3.05) is 27.2 Å². The van der Waals surface area contributed by atoms with Gasteiger partial charge in [0.25, 0.3) is 0 Å². The number of ether oxygens (including phenoxy) is 1. The van der Waals surface area contributed by atoms with Gasteiger partial charge in [-0.2, -0.15) is 0 Å². The first kappa shape index (κ1) is 18.6. The summed E-state index contributed by atoms with van der Waals surface area (Å²) in [5, 5.41) is 3.30. The van der Waals surface area contributed by atoms with Crippen molar-refractivity contribution >= 4 is 18.2 Å². The van der Waals surface area contributed by atoms with E-state index in [2.05, 4.69) is 10.1 Å². The summed E-state index contributed by atoms with van der Waals surface area (Å²) in [4.78, 5) is 36.0. The Morgan fingerprint density at radius 2 is 2.00 bits per heavy atom. The van der Waals surface area contributed by atoms with Crippen LogP contribution in [0.5, 0.6) is 0 Å². The first-order valence-corrected chi connectivity index (χ1v) is 7.60. The zero-order valence-electron chi connectivity index (χ0n) is 13.6. The van der Waals surface area contributed by atoms with Crippen LogP contribution in [0.4, 0.5) is 0 Å². The molecule has 2 atom stereocenters. The van der Waals surface area contributed by atoms with E-state index in [1.807, 2.05) is 11.9 Å². The topological polar surface area (TPSA) is 102 Å². The van der Waals surface area contributed by atoms with Crippen molar-refractivity contribution < 1.29 is 19.1 Å². The standard InChI is InChI=1S/C15H27N3O4/c1-11(20)18-6-4-15(17-2,5-7-18)9-12(10-19)8-13(16)14(21)22-3/h10,12-13,17H,4-9,16H2,1-3H3. The molecule has 0 bridgehead atoms. The Morgan fingerprint density at radius 3 is 2.41 bits per heavy atom. The molecule has 7 heteroatoms. The van der Waals surface area contributed by atoms with Gasteiger partial charge < -0.3 is 25.5 Å². The fourth-order valence-electron chi connectivity index (χ4n) is 3.07. The first-order valence-electron chi connectivity index (χ1n) is 7.60. The van der Waals surface area contributed by atoms with E-state index in [-0.39, 0.29) is 23.8 Å². The highest BCUT2D eigenvalue weighted by Crippen LogP contribution is 2.30. The molecule has 1 aliphatic rings. The Balaban J connectivity index is 2.65. The van der Waals surface area contributed by atoms with Crippen LogP contribution in [0.3, 0.4) is 0 Å². The summed E-state index contributed by atoms with van der Waals surface area (Å²) in [5.41, 5.74) is 5.55. The van der Waals surface area contributed by atoms with Gasteiger partial charge in [-0.3, -0.25) is 9.59 Å². The van der Waals surface area contributed by atoms with Crippen molar-refractivity contribution in [1.82, 2.24) is 10.2 Å². The van der Waals surface area contributed by atoms with E-state index in [1.165, 1.54) is 7.11 Å². The molecule has 22 heavy (non-hydrogen) atoms. The predicted molar refractivity (Wildman–Crippen MR) is 82.1 cm³/mol. The summed E-state index contributed by atoms with van der Waals surface area (Å²) in [6.45, 7) is 2.91. The number of nitrogens with two attached hydrogens (primary N) is 1. The summed E-state index contributed by atoms with van der Waals surface area (Å²) >= 11 is 0. The highest BCUT2D eigenvalue weighted by atomic mass is 16.5. The number of aldehydes is 1. The zero-order valence-corrected chi connectivity index (χ0v) is 13.6. The minimum absolute atomic E-state index is 0.0735. The smallest absolute Gasteiger partial charge is 0.322 e. The number of carbonyl (C=O) groups excluding carboxylic acids is 3. The van der Waals surface area contributed by atoms with E-state index in [0.29, 0.717) is 19.5 Å². The minimum Gasteiger partial charge on any atom is -0.468 e. The molecule has 0 aromatic heterocycles. The normalized spacial score (nSPS) is 20.1. The number of esters is 1. The maximum absolute atomic E-state index is 11.4. The number of nitrogens with one attached hydrogen (secondary N) is 1. The third-order valence-electron chi connectivity index (χ3n) is 4.60. The molecule has 0 aromatic rings. The number of hydrogen-bond acceptors (Lipinski definition) is 6. The maximum atomic E-state index is 11.4. The van der Waals surface area contributed by atoms with Gasteiger partial charge in [0.05, 0.1) is 7.11 Å². The van der Waals surface area contributed by atoms with Gasteiger partial charge in [-0.05, 0) is 32.7 Å². The van der Waals surface area contributed by atoms with Crippen molar-refractivity contribution in [3.63, 3.8) is 0 Å². The molecule has 1 aliphatic heterocycles.